The average molecular weight is 242 g/mol. The standard InChI is InChI=1S/C11H14O4S/c1-4-5-15-16(13,14)11-9(3)6-8(2)7-10(11)12/h4,6-7,12H,1,5H2,2-3H3. The van der Waals surface area contributed by atoms with Crippen molar-refractivity contribution < 1.29 is 17.7 Å². The molecule has 0 fully saturated rings. The molecule has 0 aliphatic heterocycles. The highest BCUT2D eigenvalue weighted by Gasteiger charge is 2.22. The normalized spacial score (nSPS) is 11.4. The van der Waals surface area contributed by atoms with Crippen LogP contribution >= 0.6 is 0 Å². The fourth-order valence-corrected chi connectivity index (χ4v) is 2.62. The summed E-state index contributed by atoms with van der Waals surface area (Å²) >= 11 is 0. The van der Waals surface area contributed by atoms with Crippen LogP contribution in [-0.4, -0.2) is 20.1 Å². The molecule has 88 valence electrons. The topological polar surface area (TPSA) is 63.6 Å². The number of phenols is 1. The van der Waals surface area contributed by atoms with Crippen molar-refractivity contribution in [3.63, 3.8) is 0 Å². The van der Waals surface area contributed by atoms with Gasteiger partial charge in [-0.25, -0.2) is 0 Å². The van der Waals surface area contributed by atoms with Crippen molar-refractivity contribution >= 4 is 10.1 Å². The molecule has 0 amide bonds. The Morgan fingerprint density at radius 1 is 1.44 bits per heavy atom. The monoisotopic (exact) mass is 242 g/mol. The highest BCUT2D eigenvalue weighted by atomic mass is 32.2. The molecule has 0 aliphatic carbocycles. The Balaban J connectivity index is 3.28. The predicted molar refractivity (Wildman–Crippen MR) is 60.9 cm³/mol. The average Bonchev–Trinajstić information content (AvgIpc) is 2.12. The zero-order valence-electron chi connectivity index (χ0n) is 9.23. The molecule has 5 heteroatoms. The molecule has 0 bridgehead atoms. The number of hydrogen-bond donors (Lipinski definition) is 1. The van der Waals surface area contributed by atoms with Gasteiger partial charge in [0, 0.05) is 0 Å². The van der Waals surface area contributed by atoms with Gasteiger partial charge >= 0.3 is 10.1 Å². The first-order valence-corrected chi connectivity index (χ1v) is 6.10. The molecule has 1 aromatic carbocycles. The Hall–Kier alpha value is -1.33. The second-order valence-corrected chi connectivity index (χ2v) is 5.01. The second kappa shape index (κ2) is 4.67. The summed E-state index contributed by atoms with van der Waals surface area (Å²) in [5.41, 5.74) is 1.25. The minimum absolute atomic E-state index is 0.116. The van der Waals surface area contributed by atoms with E-state index in [9.17, 15) is 13.5 Å². The third-order valence-electron chi connectivity index (χ3n) is 1.99. The summed E-state index contributed by atoms with van der Waals surface area (Å²) in [6.45, 7) is 6.63. The lowest BCUT2D eigenvalue weighted by Gasteiger charge is -2.09. The van der Waals surface area contributed by atoms with Gasteiger partial charge < -0.3 is 5.11 Å². The molecule has 0 unspecified atom stereocenters. The SMILES string of the molecule is C=CCOS(=O)(=O)c1c(C)cc(C)cc1O. The van der Waals surface area contributed by atoms with Gasteiger partial charge in [-0.3, -0.25) is 4.18 Å². The first-order chi connectivity index (χ1) is 7.38. The molecule has 16 heavy (non-hydrogen) atoms. The molecule has 0 heterocycles. The number of aryl methyl sites for hydroxylation is 2. The fourth-order valence-electron chi connectivity index (χ4n) is 1.45. The molecule has 0 saturated carbocycles. The van der Waals surface area contributed by atoms with E-state index in [2.05, 4.69) is 10.8 Å². The van der Waals surface area contributed by atoms with E-state index >= 15 is 0 Å². The molecule has 0 atom stereocenters. The zero-order chi connectivity index (χ0) is 12.3. The highest BCUT2D eigenvalue weighted by Crippen LogP contribution is 2.29. The van der Waals surface area contributed by atoms with Gasteiger partial charge in [0.2, 0.25) is 0 Å². The summed E-state index contributed by atoms with van der Waals surface area (Å²) < 4.78 is 28.1. The van der Waals surface area contributed by atoms with Gasteiger partial charge in [0.05, 0.1) is 6.61 Å². The number of aromatic hydroxyl groups is 1. The minimum Gasteiger partial charge on any atom is -0.506 e. The molecule has 1 N–H and O–H groups in total. The van der Waals surface area contributed by atoms with Crippen LogP contribution in [0.4, 0.5) is 0 Å². The van der Waals surface area contributed by atoms with Crippen LogP contribution in [-0.2, 0) is 14.3 Å². The van der Waals surface area contributed by atoms with Crippen LogP contribution < -0.4 is 0 Å². The molecule has 0 aromatic heterocycles. The molecular formula is C11H14O4S. The van der Waals surface area contributed by atoms with Crippen LogP contribution in [0, 0.1) is 13.8 Å². The molecule has 4 nitrogen and oxygen atoms in total. The van der Waals surface area contributed by atoms with Gasteiger partial charge in [0.25, 0.3) is 0 Å². The minimum atomic E-state index is -3.92. The first-order valence-electron chi connectivity index (χ1n) is 4.69. The van der Waals surface area contributed by atoms with Crippen LogP contribution in [0.1, 0.15) is 11.1 Å². The number of benzene rings is 1. The maximum atomic E-state index is 11.7. The van der Waals surface area contributed by atoms with E-state index < -0.39 is 10.1 Å². The van der Waals surface area contributed by atoms with Crippen molar-refractivity contribution in [3.05, 3.63) is 35.9 Å². The molecular weight excluding hydrogens is 228 g/mol. The maximum Gasteiger partial charge on any atom is 0.301 e. The van der Waals surface area contributed by atoms with Gasteiger partial charge in [0.15, 0.2) is 0 Å². The largest absolute Gasteiger partial charge is 0.506 e. The molecule has 1 rings (SSSR count). The summed E-state index contributed by atoms with van der Waals surface area (Å²) in [6.07, 6.45) is 1.33. The molecule has 0 saturated heterocycles. The van der Waals surface area contributed by atoms with E-state index in [1.165, 1.54) is 12.1 Å². The lowest BCUT2D eigenvalue weighted by molar-refractivity contribution is 0.352. The fraction of sp³-hybridized carbons (Fsp3) is 0.273. The maximum absolute atomic E-state index is 11.7. The molecule has 0 radical (unpaired) electrons. The Morgan fingerprint density at radius 3 is 2.56 bits per heavy atom. The Kier molecular flexibility index (Phi) is 3.72. The van der Waals surface area contributed by atoms with E-state index in [0.717, 1.165) is 5.56 Å². The first kappa shape index (κ1) is 12.7. The van der Waals surface area contributed by atoms with Gasteiger partial charge in [-0.15, -0.1) is 6.58 Å². The van der Waals surface area contributed by atoms with E-state index in [4.69, 9.17) is 0 Å². The Labute approximate surface area is 95.3 Å². The van der Waals surface area contributed by atoms with Gasteiger partial charge in [0.1, 0.15) is 10.6 Å². The predicted octanol–water partition coefficient (Wildman–Crippen LogP) is 1.90. The third-order valence-corrected chi connectivity index (χ3v) is 3.47. The van der Waals surface area contributed by atoms with Crippen molar-refractivity contribution in [2.24, 2.45) is 0 Å². The highest BCUT2D eigenvalue weighted by molar-refractivity contribution is 7.87. The van der Waals surface area contributed by atoms with Crippen molar-refractivity contribution in [1.29, 1.82) is 0 Å². The lowest BCUT2D eigenvalue weighted by atomic mass is 10.1. The van der Waals surface area contributed by atoms with Crippen LogP contribution in [0.3, 0.4) is 0 Å². The lowest BCUT2D eigenvalue weighted by Crippen LogP contribution is -2.08. The van der Waals surface area contributed by atoms with Gasteiger partial charge in [-0.2, -0.15) is 8.42 Å². The van der Waals surface area contributed by atoms with Crippen LogP contribution in [0.25, 0.3) is 0 Å². The van der Waals surface area contributed by atoms with E-state index in [0.29, 0.717) is 5.56 Å². The molecule has 0 aliphatic rings. The summed E-state index contributed by atoms with van der Waals surface area (Å²) in [5.74, 6) is -0.290. The van der Waals surface area contributed by atoms with Crippen LogP contribution in [0.15, 0.2) is 29.7 Å². The van der Waals surface area contributed by atoms with Crippen molar-refractivity contribution in [2.45, 2.75) is 18.7 Å². The summed E-state index contributed by atoms with van der Waals surface area (Å²) in [4.78, 5) is -0.181. The van der Waals surface area contributed by atoms with Crippen molar-refractivity contribution in [2.75, 3.05) is 6.61 Å². The number of rotatable bonds is 4. The Morgan fingerprint density at radius 2 is 2.06 bits per heavy atom. The van der Waals surface area contributed by atoms with E-state index in [1.54, 1.807) is 19.9 Å². The molecule has 1 aromatic rings. The zero-order valence-corrected chi connectivity index (χ0v) is 10.0. The summed E-state index contributed by atoms with van der Waals surface area (Å²) in [7, 11) is -3.92. The van der Waals surface area contributed by atoms with Gasteiger partial charge in [-0.05, 0) is 31.0 Å². The van der Waals surface area contributed by atoms with Gasteiger partial charge in [-0.1, -0.05) is 12.1 Å². The van der Waals surface area contributed by atoms with Crippen molar-refractivity contribution in [3.8, 4) is 5.75 Å². The Bertz CT molecular complexity index is 480. The third kappa shape index (κ3) is 2.62. The van der Waals surface area contributed by atoms with E-state index in [-0.39, 0.29) is 17.3 Å². The number of phenolic OH excluding ortho intramolecular Hbond substituents is 1. The quantitative estimate of drug-likeness (QED) is 0.647. The molecule has 0 spiro atoms. The number of hydrogen-bond acceptors (Lipinski definition) is 4. The second-order valence-electron chi connectivity index (χ2n) is 3.46. The smallest absolute Gasteiger partial charge is 0.301 e. The summed E-state index contributed by atoms with van der Waals surface area (Å²) in [5, 5.41) is 9.62. The summed E-state index contributed by atoms with van der Waals surface area (Å²) in [6, 6.07) is 3.06. The van der Waals surface area contributed by atoms with E-state index in [1.807, 2.05) is 0 Å². The van der Waals surface area contributed by atoms with Crippen LogP contribution in [0.5, 0.6) is 5.75 Å². The van der Waals surface area contributed by atoms with Crippen LogP contribution in [0.2, 0.25) is 0 Å². The van der Waals surface area contributed by atoms with Crippen molar-refractivity contribution in [1.82, 2.24) is 0 Å².